The lowest BCUT2D eigenvalue weighted by atomic mass is 10.1. The number of amides is 1. The van der Waals surface area contributed by atoms with Crippen molar-refractivity contribution in [3.05, 3.63) is 29.3 Å². The Morgan fingerprint density at radius 1 is 1.44 bits per heavy atom. The van der Waals surface area contributed by atoms with Crippen LogP contribution in [0.4, 0.5) is 0 Å². The van der Waals surface area contributed by atoms with Crippen molar-refractivity contribution in [3.8, 4) is 5.75 Å². The number of methoxy groups -OCH3 is 1. The molecule has 1 rings (SSSR count). The van der Waals surface area contributed by atoms with Crippen LogP contribution in [0.5, 0.6) is 5.75 Å². The van der Waals surface area contributed by atoms with Crippen molar-refractivity contribution in [1.29, 1.82) is 0 Å². The van der Waals surface area contributed by atoms with Gasteiger partial charge in [0.2, 0.25) is 0 Å². The topological polar surface area (TPSA) is 95.9 Å². The van der Waals surface area contributed by atoms with E-state index in [0.717, 1.165) is 7.11 Å². The molecule has 0 saturated heterocycles. The quantitative estimate of drug-likeness (QED) is 0.654. The predicted molar refractivity (Wildman–Crippen MR) is 63.2 cm³/mol. The van der Waals surface area contributed by atoms with E-state index in [9.17, 15) is 19.8 Å². The highest BCUT2D eigenvalue weighted by Crippen LogP contribution is 2.17. The van der Waals surface area contributed by atoms with Gasteiger partial charge in [-0.15, -0.1) is 0 Å². The minimum absolute atomic E-state index is 0.0103. The second-order valence-corrected chi connectivity index (χ2v) is 3.75. The van der Waals surface area contributed by atoms with Crippen LogP contribution in [0.3, 0.4) is 0 Å². The molecule has 0 spiro atoms. The summed E-state index contributed by atoms with van der Waals surface area (Å²) in [5.74, 6) is -1.30. The molecular formula is C12H15NO5. The predicted octanol–water partition coefficient (Wildman–Crippen LogP) is -0.0357. The van der Waals surface area contributed by atoms with Gasteiger partial charge in [-0.25, -0.2) is 4.79 Å². The van der Waals surface area contributed by atoms with Crippen LogP contribution in [0.2, 0.25) is 0 Å². The molecule has 0 bridgehead atoms. The second kappa shape index (κ2) is 6.02. The van der Waals surface area contributed by atoms with E-state index in [0.29, 0.717) is 5.56 Å². The Labute approximate surface area is 104 Å². The SMILES string of the molecule is COC(=O)C(O)CNC(=O)c1ccc(C)c(O)c1. The molecule has 0 saturated carbocycles. The molecule has 1 aromatic carbocycles. The van der Waals surface area contributed by atoms with Crippen LogP contribution in [0.25, 0.3) is 0 Å². The normalized spacial score (nSPS) is 11.7. The fraction of sp³-hybridized carbons (Fsp3) is 0.333. The molecule has 1 atom stereocenters. The van der Waals surface area contributed by atoms with Crippen LogP contribution < -0.4 is 5.32 Å². The first-order chi connectivity index (χ1) is 8.45. The molecule has 0 radical (unpaired) electrons. The Kier molecular flexibility index (Phi) is 4.67. The number of phenolic OH excluding ortho intramolecular Hbond substituents is 1. The lowest BCUT2D eigenvalue weighted by Gasteiger charge is -2.10. The number of aryl methyl sites for hydroxylation is 1. The highest BCUT2D eigenvalue weighted by Gasteiger charge is 2.16. The molecule has 6 nitrogen and oxygen atoms in total. The van der Waals surface area contributed by atoms with Gasteiger partial charge >= 0.3 is 5.97 Å². The number of ether oxygens (including phenoxy) is 1. The zero-order valence-electron chi connectivity index (χ0n) is 10.1. The minimum atomic E-state index is -1.40. The first kappa shape index (κ1) is 14.0. The standard InChI is InChI=1S/C12H15NO5/c1-7-3-4-8(5-9(7)14)11(16)13-6-10(15)12(17)18-2/h3-5,10,14-15H,6H2,1-2H3,(H,13,16). The van der Waals surface area contributed by atoms with Gasteiger partial charge in [0.1, 0.15) is 5.75 Å². The molecule has 3 N–H and O–H groups in total. The molecule has 1 unspecified atom stereocenters. The number of esters is 1. The van der Waals surface area contributed by atoms with Crippen molar-refractivity contribution in [2.24, 2.45) is 0 Å². The first-order valence-electron chi connectivity index (χ1n) is 5.29. The Bertz CT molecular complexity index is 458. The molecule has 0 aliphatic rings. The number of carbonyl (C=O) groups excluding carboxylic acids is 2. The lowest BCUT2D eigenvalue weighted by Crippen LogP contribution is -2.37. The Hall–Kier alpha value is -2.08. The fourth-order valence-corrected chi connectivity index (χ4v) is 1.26. The number of phenols is 1. The molecule has 0 aliphatic carbocycles. The van der Waals surface area contributed by atoms with Gasteiger partial charge in [0.25, 0.3) is 5.91 Å². The summed E-state index contributed by atoms with van der Waals surface area (Å²) in [5.41, 5.74) is 0.899. The monoisotopic (exact) mass is 253 g/mol. The number of rotatable bonds is 4. The molecule has 0 aromatic heterocycles. The van der Waals surface area contributed by atoms with Crippen molar-refractivity contribution in [2.75, 3.05) is 13.7 Å². The second-order valence-electron chi connectivity index (χ2n) is 3.75. The van der Waals surface area contributed by atoms with Crippen LogP contribution in [0.1, 0.15) is 15.9 Å². The van der Waals surface area contributed by atoms with E-state index in [1.54, 1.807) is 13.0 Å². The molecule has 1 aromatic rings. The van der Waals surface area contributed by atoms with Crippen LogP contribution in [-0.4, -0.2) is 41.8 Å². The number of hydrogen-bond acceptors (Lipinski definition) is 5. The van der Waals surface area contributed by atoms with Gasteiger partial charge in [0.15, 0.2) is 6.10 Å². The van der Waals surface area contributed by atoms with Gasteiger partial charge in [-0.3, -0.25) is 4.79 Å². The lowest BCUT2D eigenvalue weighted by molar-refractivity contribution is -0.149. The van der Waals surface area contributed by atoms with E-state index in [-0.39, 0.29) is 17.9 Å². The molecule has 0 fully saturated rings. The Balaban J connectivity index is 2.60. The summed E-state index contributed by atoms with van der Waals surface area (Å²) < 4.78 is 4.30. The van der Waals surface area contributed by atoms with Gasteiger partial charge in [-0.1, -0.05) is 6.07 Å². The van der Waals surface area contributed by atoms with Crippen molar-refractivity contribution in [3.63, 3.8) is 0 Å². The van der Waals surface area contributed by atoms with Gasteiger partial charge in [-0.05, 0) is 24.6 Å². The van der Waals surface area contributed by atoms with Gasteiger partial charge in [-0.2, -0.15) is 0 Å². The van der Waals surface area contributed by atoms with Crippen molar-refractivity contribution >= 4 is 11.9 Å². The van der Waals surface area contributed by atoms with Crippen molar-refractivity contribution in [2.45, 2.75) is 13.0 Å². The van der Waals surface area contributed by atoms with E-state index in [2.05, 4.69) is 10.1 Å². The first-order valence-corrected chi connectivity index (χ1v) is 5.29. The third kappa shape index (κ3) is 3.46. The van der Waals surface area contributed by atoms with E-state index < -0.39 is 18.0 Å². The van der Waals surface area contributed by atoms with Crippen LogP contribution in [0.15, 0.2) is 18.2 Å². The van der Waals surface area contributed by atoms with E-state index in [4.69, 9.17) is 0 Å². The highest BCUT2D eigenvalue weighted by molar-refractivity contribution is 5.95. The Morgan fingerprint density at radius 2 is 2.11 bits per heavy atom. The Morgan fingerprint density at radius 3 is 2.67 bits per heavy atom. The maximum Gasteiger partial charge on any atom is 0.336 e. The number of aliphatic hydroxyl groups is 1. The molecule has 98 valence electrons. The highest BCUT2D eigenvalue weighted by atomic mass is 16.5. The number of hydrogen-bond donors (Lipinski definition) is 3. The van der Waals surface area contributed by atoms with Gasteiger partial charge < -0.3 is 20.3 Å². The summed E-state index contributed by atoms with van der Waals surface area (Å²) in [4.78, 5) is 22.5. The summed E-state index contributed by atoms with van der Waals surface area (Å²) in [6, 6.07) is 4.45. The average molecular weight is 253 g/mol. The number of nitrogens with one attached hydrogen (secondary N) is 1. The zero-order chi connectivity index (χ0) is 13.7. The average Bonchev–Trinajstić information content (AvgIpc) is 2.37. The summed E-state index contributed by atoms with van der Waals surface area (Å²) >= 11 is 0. The van der Waals surface area contributed by atoms with Gasteiger partial charge in [0, 0.05) is 5.56 Å². The molecular weight excluding hydrogens is 238 g/mol. The summed E-state index contributed by atoms with van der Waals surface area (Å²) in [5, 5.41) is 21.1. The molecule has 1 amide bonds. The maximum atomic E-state index is 11.6. The smallest absolute Gasteiger partial charge is 0.336 e. The summed E-state index contributed by atoms with van der Waals surface area (Å²) in [6.45, 7) is 1.46. The number of aromatic hydroxyl groups is 1. The zero-order valence-corrected chi connectivity index (χ0v) is 10.1. The third-order valence-corrected chi connectivity index (χ3v) is 2.40. The number of carbonyl (C=O) groups is 2. The van der Waals surface area contributed by atoms with E-state index in [1.165, 1.54) is 12.1 Å². The third-order valence-electron chi connectivity index (χ3n) is 2.40. The van der Waals surface area contributed by atoms with Crippen LogP contribution >= 0.6 is 0 Å². The van der Waals surface area contributed by atoms with Crippen molar-refractivity contribution in [1.82, 2.24) is 5.32 Å². The molecule has 18 heavy (non-hydrogen) atoms. The van der Waals surface area contributed by atoms with E-state index in [1.807, 2.05) is 0 Å². The molecule has 0 heterocycles. The minimum Gasteiger partial charge on any atom is -0.508 e. The number of aliphatic hydroxyl groups excluding tert-OH is 1. The van der Waals surface area contributed by atoms with Gasteiger partial charge in [0.05, 0.1) is 13.7 Å². The van der Waals surface area contributed by atoms with Crippen LogP contribution in [-0.2, 0) is 9.53 Å². The van der Waals surface area contributed by atoms with E-state index >= 15 is 0 Å². The largest absolute Gasteiger partial charge is 0.508 e. The molecule has 6 heteroatoms. The number of benzene rings is 1. The van der Waals surface area contributed by atoms with Crippen LogP contribution in [0, 0.1) is 6.92 Å². The van der Waals surface area contributed by atoms with Crippen molar-refractivity contribution < 1.29 is 24.5 Å². The fourth-order valence-electron chi connectivity index (χ4n) is 1.26. The maximum absolute atomic E-state index is 11.6. The molecule has 0 aliphatic heterocycles. The summed E-state index contributed by atoms with van der Waals surface area (Å²) in [6.07, 6.45) is -1.40. The summed E-state index contributed by atoms with van der Waals surface area (Å²) in [7, 11) is 1.14.